The molecule has 0 atom stereocenters. The molecule has 1 heterocycles. The second-order valence-corrected chi connectivity index (χ2v) is 7.35. The molecule has 148 valence electrons. The lowest BCUT2D eigenvalue weighted by molar-refractivity contribution is -0.671. The van der Waals surface area contributed by atoms with Gasteiger partial charge in [-0.15, -0.1) is 0 Å². The Morgan fingerprint density at radius 1 is 0.643 bits per heavy atom. The van der Waals surface area contributed by atoms with Crippen LogP contribution in [0.3, 0.4) is 0 Å². The van der Waals surface area contributed by atoms with Gasteiger partial charge in [-0.2, -0.15) is 0 Å². The Labute approximate surface area is 185 Å². The maximum atomic E-state index is 11.9. The van der Waals surface area contributed by atoms with Gasteiger partial charge in [0.15, 0.2) is 12.4 Å². The van der Waals surface area contributed by atoms with Gasteiger partial charge < -0.3 is 38.9 Å². The van der Waals surface area contributed by atoms with Gasteiger partial charge >= 0.3 is 0 Å². The molecule has 5 heteroatoms. The number of halogens is 1. The number of aliphatic hydroxyl groups is 1. The monoisotopic (exact) mass is 489 g/mol. The van der Waals surface area contributed by atoms with Crippen LogP contribution in [0.4, 0.5) is 11.4 Å². The minimum Gasteiger partial charge on any atom is -1.00 e. The molecule has 3 rings (SSSR count). The largest absolute Gasteiger partial charge is 1.00 e. The van der Waals surface area contributed by atoms with Crippen molar-refractivity contribution in [2.45, 2.75) is 5.60 Å². The number of nitrogens with zero attached hydrogens (tertiary/aromatic N) is 3. The van der Waals surface area contributed by atoms with Crippen molar-refractivity contribution in [3.05, 3.63) is 89.7 Å². The first kappa shape index (κ1) is 22.2. The summed E-state index contributed by atoms with van der Waals surface area (Å²) >= 11 is 0. The summed E-state index contributed by atoms with van der Waals surface area (Å²) in [5.74, 6) is 0. The summed E-state index contributed by atoms with van der Waals surface area (Å²) in [4.78, 5) is 4.11. The third-order valence-corrected chi connectivity index (χ3v) is 5.00. The summed E-state index contributed by atoms with van der Waals surface area (Å²) in [6, 6.07) is 20.1. The minimum atomic E-state index is -1.22. The zero-order chi connectivity index (χ0) is 19.6. The van der Waals surface area contributed by atoms with Crippen LogP contribution < -0.4 is 38.3 Å². The van der Waals surface area contributed by atoms with Gasteiger partial charge in [0.1, 0.15) is 12.6 Å². The third-order valence-electron chi connectivity index (χ3n) is 5.00. The predicted octanol–water partition coefficient (Wildman–Crippen LogP) is -0.0687. The molecule has 0 bridgehead atoms. The molecule has 4 nitrogen and oxygen atoms in total. The number of anilines is 2. The fourth-order valence-electron chi connectivity index (χ4n) is 3.24. The Hall–Kier alpha value is -2.12. The molecule has 0 aliphatic heterocycles. The van der Waals surface area contributed by atoms with E-state index < -0.39 is 5.60 Å². The van der Waals surface area contributed by atoms with Crippen LogP contribution in [0.25, 0.3) is 0 Å². The molecule has 0 spiro atoms. The number of aromatic nitrogens is 1. The number of benzene rings is 2. The van der Waals surface area contributed by atoms with Crippen LogP contribution in [0, 0.1) is 0 Å². The molecule has 3 aromatic rings. The minimum absolute atomic E-state index is 0. The molecule has 0 aliphatic rings. The van der Waals surface area contributed by atoms with E-state index in [2.05, 4.69) is 9.80 Å². The molecule has 0 amide bonds. The Bertz CT molecular complexity index is 837. The Kier molecular flexibility index (Phi) is 7.06. The number of hydrogen-bond donors (Lipinski definition) is 1. The first-order valence-electron chi connectivity index (χ1n) is 9.06. The van der Waals surface area contributed by atoms with Crippen molar-refractivity contribution in [2.24, 2.45) is 7.05 Å². The molecule has 0 unspecified atom stereocenters. The molecular formula is C23H28IN3O. The molecular weight excluding hydrogens is 461 g/mol. The highest BCUT2D eigenvalue weighted by molar-refractivity contribution is 5.54. The van der Waals surface area contributed by atoms with Crippen LogP contribution >= 0.6 is 0 Å². The van der Waals surface area contributed by atoms with Gasteiger partial charge in [0.05, 0.1) is 0 Å². The van der Waals surface area contributed by atoms with E-state index in [9.17, 15) is 5.11 Å². The lowest BCUT2D eigenvalue weighted by Gasteiger charge is -2.30. The standard InChI is InChI=1S/C23H28N3O.HI/c1-24(2)21-10-6-18(7-11-21)23(27,20-14-16-26(5)17-15-20)19-8-12-22(13-9-19)25(3)4;/h6-17,27H,1-5H3;1H/q+1;/p-1. The summed E-state index contributed by atoms with van der Waals surface area (Å²) in [6.45, 7) is 0. The van der Waals surface area contributed by atoms with Crippen LogP contribution in [-0.4, -0.2) is 33.3 Å². The quantitative estimate of drug-likeness (QED) is 0.403. The van der Waals surface area contributed by atoms with Gasteiger partial charge in [0, 0.05) is 57.3 Å². The summed E-state index contributed by atoms with van der Waals surface area (Å²) in [6.07, 6.45) is 3.92. The average Bonchev–Trinajstić information content (AvgIpc) is 2.68. The van der Waals surface area contributed by atoms with E-state index in [-0.39, 0.29) is 24.0 Å². The third kappa shape index (κ3) is 4.31. The van der Waals surface area contributed by atoms with Gasteiger partial charge in [0.2, 0.25) is 0 Å². The van der Waals surface area contributed by atoms with E-state index >= 15 is 0 Å². The molecule has 0 saturated carbocycles. The smallest absolute Gasteiger partial charge is 0.168 e. The van der Waals surface area contributed by atoms with Crippen molar-refractivity contribution in [3.8, 4) is 0 Å². The van der Waals surface area contributed by atoms with Gasteiger partial charge in [-0.25, -0.2) is 4.57 Å². The van der Waals surface area contributed by atoms with Crippen LogP contribution in [0.15, 0.2) is 73.1 Å². The number of rotatable bonds is 5. The molecule has 0 radical (unpaired) electrons. The van der Waals surface area contributed by atoms with Crippen molar-refractivity contribution in [1.29, 1.82) is 0 Å². The van der Waals surface area contributed by atoms with Crippen molar-refractivity contribution in [2.75, 3.05) is 38.0 Å². The van der Waals surface area contributed by atoms with Crippen LogP contribution in [0.1, 0.15) is 16.7 Å². The van der Waals surface area contributed by atoms with Crippen LogP contribution in [0.5, 0.6) is 0 Å². The number of pyridine rings is 1. The number of aryl methyl sites for hydroxylation is 1. The zero-order valence-corrected chi connectivity index (χ0v) is 19.3. The second-order valence-electron chi connectivity index (χ2n) is 7.35. The fraction of sp³-hybridized carbons (Fsp3) is 0.261. The van der Waals surface area contributed by atoms with Gasteiger partial charge in [-0.05, 0) is 35.4 Å². The summed E-state index contributed by atoms with van der Waals surface area (Å²) in [7, 11) is 10.0. The molecule has 0 aliphatic carbocycles. The lowest BCUT2D eigenvalue weighted by Crippen LogP contribution is -3.00. The van der Waals surface area contributed by atoms with E-state index in [1.807, 2.05) is 113 Å². The number of hydrogen-bond acceptors (Lipinski definition) is 3. The van der Waals surface area contributed by atoms with Gasteiger partial charge in [-0.3, -0.25) is 0 Å². The molecule has 0 saturated heterocycles. The maximum absolute atomic E-state index is 11.9. The van der Waals surface area contributed by atoms with Gasteiger partial charge in [-0.1, -0.05) is 24.3 Å². The van der Waals surface area contributed by atoms with E-state index in [0.29, 0.717) is 0 Å². The van der Waals surface area contributed by atoms with Crippen LogP contribution in [0.2, 0.25) is 0 Å². The Morgan fingerprint density at radius 3 is 1.29 bits per heavy atom. The Balaban J connectivity index is 0.00000280. The molecule has 28 heavy (non-hydrogen) atoms. The normalized spacial score (nSPS) is 10.9. The van der Waals surface area contributed by atoms with Gasteiger partial charge in [0.25, 0.3) is 0 Å². The molecule has 0 fully saturated rings. The van der Waals surface area contributed by atoms with E-state index in [0.717, 1.165) is 28.1 Å². The first-order chi connectivity index (χ1) is 12.8. The first-order valence-corrected chi connectivity index (χ1v) is 9.06. The molecule has 1 aromatic heterocycles. The van der Waals surface area contributed by atoms with Crippen molar-refractivity contribution in [3.63, 3.8) is 0 Å². The van der Waals surface area contributed by atoms with Crippen molar-refractivity contribution >= 4 is 11.4 Å². The molecule has 2 aromatic carbocycles. The van der Waals surface area contributed by atoms with Crippen molar-refractivity contribution in [1.82, 2.24) is 0 Å². The highest BCUT2D eigenvalue weighted by Gasteiger charge is 2.34. The Morgan fingerprint density at radius 2 is 0.964 bits per heavy atom. The summed E-state index contributed by atoms with van der Waals surface area (Å²) in [5.41, 5.74) is 3.52. The van der Waals surface area contributed by atoms with Crippen molar-refractivity contribution < 1.29 is 33.7 Å². The maximum Gasteiger partial charge on any atom is 0.168 e. The highest BCUT2D eigenvalue weighted by atomic mass is 127. The summed E-state index contributed by atoms with van der Waals surface area (Å²) < 4.78 is 1.97. The van der Waals surface area contributed by atoms with E-state index in [1.54, 1.807) is 0 Å². The van der Waals surface area contributed by atoms with E-state index in [4.69, 9.17) is 0 Å². The second kappa shape index (κ2) is 8.92. The SMILES string of the molecule is CN(C)c1ccc(C(O)(c2ccc(N(C)C)cc2)c2cc[n+](C)cc2)cc1.[I-]. The summed E-state index contributed by atoms with van der Waals surface area (Å²) in [5, 5.41) is 11.9. The van der Waals surface area contributed by atoms with Crippen LogP contribution in [-0.2, 0) is 12.6 Å². The zero-order valence-electron chi connectivity index (χ0n) is 17.1. The fourth-order valence-corrected chi connectivity index (χ4v) is 3.24. The highest BCUT2D eigenvalue weighted by Crippen LogP contribution is 2.37. The average molecular weight is 489 g/mol. The topological polar surface area (TPSA) is 30.6 Å². The lowest BCUT2D eigenvalue weighted by atomic mass is 9.80. The predicted molar refractivity (Wildman–Crippen MR) is 111 cm³/mol. The molecule has 1 N–H and O–H groups in total. The van der Waals surface area contributed by atoms with E-state index in [1.165, 1.54) is 0 Å².